The van der Waals surface area contributed by atoms with Crippen molar-refractivity contribution >= 4 is 17.3 Å². The van der Waals surface area contributed by atoms with Gasteiger partial charge in [-0.2, -0.15) is 0 Å². The third kappa shape index (κ3) is 4.25. The fourth-order valence-corrected chi connectivity index (χ4v) is 2.45. The van der Waals surface area contributed by atoms with Gasteiger partial charge in [0.1, 0.15) is 5.75 Å². The number of amides is 1. The average Bonchev–Trinajstić information content (AvgIpc) is 2.60. The summed E-state index contributed by atoms with van der Waals surface area (Å²) in [5.74, 6) is 0.867. The Hall–Kier alpha value is -2.49. The molecule has 0 fully saturated rings. The van der Waals surface area contributed by atoms with Crippen molar-refractivity contribution in [3.8, 4) is 5.75 Å². The normalized spacial score (nSPS) is 10.2. The van der Waals surface area contributed by atoms with Gasteiger partial charge in [0.05, 0.1) is 18.4 Å². The average molecular weight is 312 g/mol. The van der Waals surface area contributed by atoms with Gasteiger partial charge in [-0.1, -0.05) is 19.1 Å². The molecule has 0 saturated heterocycles. The number of carbonyl (C=O) groups is 1. The Morgan fingerprint density at radius 3 is 2.39 bits per heavy atom. The number of rotatable bonds is 7. The number of anilines is 2. The van der Waals surface area contributed by atoms with Gasteiger partial charge in [-0.3, -0.25) is 4.79 Å². The molecule has 0 aliphatic heterocycles. The monoisotopic (exact) mass is 312 g/mol. The summed E-state index contributed by atoms with van der Waals surface area (Å²) in [5.41, 5.74) is 2.43. The van der Waals surface area contributed by atoms with Crippen LogP contribution in [0, 0.1) is 0 Å². The summed E-state index contributed by atoms with van der Waals surface area (Å²) in [7, 11) is 1.64. The summed E-state index contributed by atoms with van der Waals surface area (Å²) in [6.45, 7) is 5.57. The zero-order valence-corrected chi connectivity index (χ0v) is 14.0. The molecule has 0 unspecified atom stereocenters. The Bertz CT molecular complexity index is 638. The molecule has 0 saturated carbocycles. The van der Waals surface area contributed by atoms with Crippen molar-refractivity contribution in [3.63, 3.8) is 0 Å². The van der Waals surface area contributed by atoms with Crippen LogP contribution in [0.4, 0.5) is 11.4 Å². The SMILES string of the molecule is CCCN(CC)C(=O)c1ccccc1Nc1ccc(OC)cc1. The fourth-order valence-electron chi connectivity index (χ4n) is 2.45. The van der Waals surface area contributed by atoms with Gasteiger partial charge >= 0.3 is 0 Å². The lowest BCUT2D eigenvalue weighted by Crippen LogP contribution is -2.31. The second kappa shape index (κ2) is 8.22. The van der Waals surface area contributed by atoms with Gasteiger partial charge in [0.25, 0.3) is 5.91 Å². The van der Waals surface area contributed by atoms with Crippen molar-refractivity contribution in [1.82, 2.24) is 4.90 Å². The number of nitrogens with zero attached hydrogens (tertiary/aromatic N) is 1. The summed E-state index contributed by atoms with van der Waals surface area (Å²) in [6, 6.07) is 15.3. The third-order valence-electron chi connectivity index (χ3n) is 3.69. The standard InChI is InChI=1S/C19H24N2O2/c1-4-14-21(5-2)19(22)17-8-6-7-9-18(17)20-15-10-12-16(23-3)13-11-15/h6-13,20H,4-5,14H2,1-3H3. The van der Waals surface area contributed by atoms with Crippen molar-refractivity contribution in [3.05, 3.63) is 54.1 Å². The lowest BCUT2D eigenvalue weighted by atomic mass is 10.1. The van der Waals surface area contributed by atoms with Gasteiger partial charge in [-0.05, 0) is 49.7 Å². The highest BCUT2D eigenvalue weighted by molar-refractivity contribution is 6.00. The second-order valence-electron chi connectivity index (χ2n) is 5.28. The van der Waals surface area contributed by atoms with Gasteiger partial charge in [0, 0.05) is 18.8 Å². The van der Waals surface area contributed by atoms with Crippen LogP contribution in [0.5, 0.6) is 5.75 Å². The van der Waals surface area contributed by atoms with Crippen molar-refractivity contribution in [2.45, 2.75) is 20.3 Å². The first kappa shape index (κ1) is 16.9. The highest BCUT2D eigenvalue weighted by Gasteiger charge is 2.16. The molecule has 2 aromatic carbocycles. The number of benzene rings is 2. The van der Waals surface area contributed by atoms with Crippen molar-refractivity contribution < 1.29 is 9.53 Å². The molecule has 2 rings (SSSR count). The highest BCUT2D eigenvalue weighted by atomic mass is 16.5. The fraction of sp³-hybridized carbons (Fsp3) is 0.316. The third-order valence-corrected chi connectivity index (χ3v) is 3.69. The molecule has 0 aromatic heterocycles. The van der Waals surface area contributed by atoms with Gasteiger partial charge in [0.2, 0.25) is 0 Å². The van der Waals surface area contributed by atoms with E-state index in [0.29, 0.717) is 12.1 Å². The van der Waals surface area contributed by atoms with Crippen molar-refractivity contribution in [2.24, 2.45) is 0 Å². The smallest absolute Gasteiger partial charge is 0.255 e. The summed E-state index contributed by atoms with van der Waals surface area (Å²) in [4.78, 5) is 14.6. The predicted molar refractivity (Wildman–Crippen MR) is 94.6 cm³/mol. The molecular weight excluding hydrogens is 288 g/mol. The molecule has 0 spiro atoms. The Morgan fingerprint density at radius 1 is 1.09 bits per heavy atom. The second-order valence-corrected chi connectivity index (χ2v) is 5.28. The van der Waals surface area contributed by atoms with E-state index in [1.807, 2.05) is 60.4 Å². The van der Waals surface area contributed by atoms with Gasteiger partial charge in [0.15, 0.2) is 0 Å². The number of hydrogen-bond acceptors (Lipinski definition) is 3. The van der Waals surface area contributed by atoms with Gasteiger partial charge in [-0.15, -0.1) is 0 Å². The molecule has 1 N–H and O–H groups in total. The lowest BCUT2D eigenvalue weighted by molar-refractivity contribution is 0.0765. The lowest BCUT2D eigenvalue weighted by Gasteiger charge is -2.22. The van der Waals surface area contributed by atoms with Crippen molar-refractivity contribution in [2.75, 3.05) is 25.5 Å². The summed E-state index contributed by atoms with van der Waals surface area (Å²) in [5, 5.41) is 3.32. The highest BCUT2D eigenvalue weighted by Crippen LogP contribution is 2.24. The van der Waals surface area contributed by atoms with E-state index < -0.39 is 0 Å². The van der Waals surface area contributed by atoms with E-state index in [-0.39, 0.29) is 5.91 Å². The topological polar surface area (TPSA) is 41.6 Å². The molecule has 0 heterocycles. The molecule has 2 aromatic rings. The first-order chi connectivity index (χ1) is 11.2. The summed E-state index contributed by atoms with van der Waals surface area (Å²) >= 11 is 0. The first-order valence-corrected chi connectivity index (χ1v) is 7.99. The van der Waals surface area contributed by atoms with E-state index in [2.05, 4.69) is 12.2 Å². The predicted octanol–water partition coefficient (Wildman–Crippen LogP) is 4.31. The molecule has 23 heavy (non-hydrogen) atoms. The minimum atomic E-state index is 0.0611. The number of methoxy groups -OCH3 is 1. The van der Waals surface area contributed by atoms with E-state index >= 15 is 0 Å². The van der Waals surface area contributed by atoms with E-state index in [9.17, 15) is 4.79 Å². The van der Waals surface area contributed by atoms with E-state index in [1.54, 1.807) is 7.11 Å². The largest absolute Gasteiger partial charge is 0.497 e. The number of carbonyl (C=O) groups excluding carboxylic acids is 1. The first-order valence-electron chi connectivity index (χ1n) is 7.99. The van der Waals surface area contributed by atoms with Crippen LogP contribution in [0.2, 0.25) is 0 Å². The zero-order chi connectivity index (χ0) is 16.7. The van der Waals surface area contributed by atoms with Gasteiger partial charge < -0.3 is 15.0 Å². The molecule has 0 aliphatic rings. The Balaban J connectivity index is 2.24. The van der Waals surface area contributed by atoms with E-state index in [1.165, 1.54) is 0 Å². The van der Waals surface area contributed by atoms with Crippen molar-refractivity contribution in [1.29, 1.82) is 0 Å². The molecular formula is C19H24N2O2. The number of ether oxygens (including phenoxy) is 1. The maximum Gasteiger partial charge on any atom is 0.255 e. The number of para-hydroxylation sites is 1. The molecule has 122 valence electrons. The minimum absolute atomic E-state index is 0.0611. The Kier molecular flexibility index (Phi) is 6.03. The molecule has 0 atom stereocenters. The van der Waals surface area contributed by atoms with Crippen LogP contribution in [0.15, 0.2) is 48.5 Å². The van der Waals surface area contributed by atoms with E-state index in [4.69, 9.17) is 4.74 Å². The van der Waals surface area contributed by atoms with Crippen LogP contribution in [-0.2, 0) is 0 Å². The quantitative estimate of drug-likeness (QED) is 0.828. The molecule has 4 heteroatoms. The molecule has 0 aliphatic carbocycles. The van der Waals surface area contributed by atoms with E-state index in [0.717, 1.165) is 30.1 Å². The maximum absolute atomic E-state index is 12.7. The van der Waals surface area contributed by atoms with Crippen LogP contribution in [-0.4, -0.2) is 31.0 Å². The Morgan fingerprint density at radius 2 is 1.78 bits per heavy atom. The van der Waals surface area contributed by atoms with Crippen LogP contribution < -0.4 is 10.1 Å². The zero-order valence-electron chi connectivity index (χ0n) is 14.0. The van der Waals surface area contributed by atoms with Crippen LogP contribution in [0.25, 0.3) is 0 Å². The number of nitrogens with one attached hydrogen (secondary N) is 1. The van der Waals surface area contributed by atoms with Crippen LogP contribution in [0.1, 0.15) is 30.6 Å². The molecule has 1 amide bonds. The minimum Gasteiger partial charge on any atom is -0.497 e. The molecule has 4 nitrogen and oxygen atoms in total. The van der Waals surface area contributed by atoms with Gasteiger partial charge in [-0.25, -0.2) is 0 Å². The summed E-state index contributed by atoms with van der Waals surface area (Å²) < 4.78 is 5.17. The number of hydrogen-bond donors (Lipinski definition) is 1. The van der Waals surface area contributed by atoms with Crippen LogP contribution in [0.3, 0.4) is 0 Å². The maximum atomic E-state index is 12.7. The summed E-state index contributed by atoms with van der Waals surface area (Å²) in [6.07, 6.45) is 0.952. The molecule has 0 radical (unpaired) electrons. The Labute approximate surface area is 138 Å². The van der Waals surface area contributed by atoms with Crippen LogP contribution >= 0.6 is 0 Å². The molecule has 0 bridgehead atoms.